The molecule has 0 heterocycles. The van der Waals surface area contributed by atoms with Gasteiger partial charge in [-0.15, -0.1) is 0 Å². The Bertz CT molecular complexity index is 382. The number of benzene rings is 1. The van der Waals surface area contributed by atoms with Crippen molar-refractivity contribution in [2.75, 3.05) is 6.61 Å². The summed E-state index contributed by atoms with van der Waals surface area (Å²) in [5.41, 5.74) is 2.60. The molecule has 138 valence electrons. The summed E-state index contributed by atoms with van der Waals surface area (Å²) < 4.78 is 5.96. The Morgan fingerprint density at radius 1 is 0.708 bits per heavy atom. The highest BCUT2D eigenvalue weighted by molar-refractivity contribution is 5.22. The lowest BCUT2D eigenvalue weighted by Crippen LogP contribution is -2.01. The average Bonchev–Trinajstić information content (AvgIpc) is 2.59. The molecule has 0 saturated carbocycles. The van der Waals surface area contributed by atoms with Gasteiger partial charge in [0.2, 0.25) is 0 Å². The highest BCUT2D eigenvalue weighted by Gasteiger charge is 2.04. The van der Waals surface area contributed by atoms with E-state index in [9.17, 15) is 0 Å². The zero-order valence-corrected chi connectivity index (χ0v) is 16.5. The summed E-state index contributed by atoms with van der Waals surface area (Å²) in [6.07, 6.45) is 16.9. The maximum absolute atomic E-state index is 5.96. The third kappa shape index (κ3) is 10.9. The van der Waals surface area contributed by atoms with Crippen LogP contribution in [-0.4, -0.2) is 6.61 Å². The Balaban J connectivity index is 1.86. The second-order valence-corrected chi connectivity index (χ2v) is 7.31. The van der Waals surface area contributed by atoms with Crippen LogP contribution >= 0.6 is 0 Å². The van der Waals surface area contributed by atoms with E-state index in [0.29, 0.717) is 0 Å². The molecule has 1 atom stereocenters. The summed E-state index contributed by atoms with van der Waals surface area (Å²) in [6, 6.07) is 8.70. The first-order valence-electron chi connectivity index (χ1n) is 10.4. The lowest BCUT2D eigenvalue weighted by atomic mass is 10.1. The third-order valence-electron chi connectivity index (χ3n) is 4.91. The van der Waals surface area contributed by atoms with Gasteiger partial charge in [-0.05, 0) is 25.8 Å². The summed E-state index contributed by atoms with van der Waals surface area (Å²) in [6.45, 7) is 7.47. The number of unbranched alkanes of at least 4 members (excludes halogenated alkanes) is 11. The topological polar surface area (TPSA) is 9.23 Å². The van der Waals surface area contributed by atoms with E-state index >= 15 is 0 Å². The number of rotatable bonds is 15. The molecule has 0 amide bonds. The molecule has 0 N–H and O–H groups in total. The molecule has 0 saturated heterocycles. The molecule has 1 rings (SSSR count). The predicted molar refractivity (Wildman–Crippen MR) is 107 cm³/mol. The zero-order chi connectivity index (χ0) is 17.5. The van der Waals surface area contributed by atoms with Crippen LogP contribution in [0.4, 0.5) is 0 Å². The van der Waals surface area contributed by atoms with E-state index in [1.165, 1.54) is 88.2 Å². The molecule has 0 radical (unpaired) electrons. The van der Waals surface area contributed by atoms with Crippen LogP contribution in [-0.2, 0) is 4.74 Å². The van der Waals surface area contributed by atoms with Crippen LogP contribution in [0, 0.1) is 6.92 Å². The van der Waals surface area contributed by atoms with Crippen molar-refractivity contribution in [3.63, 3.8) is 0 Å². The second kappa shape index (κ2) is 14.5. The number of aryl methyl sites for hydroxylation is 1. The van der Waals surface area contributed by atoms with Crippen molar-refractivity contribution in [1.82, 2.24) is 0 Å². The number of hydrogen-bond donors (Lipinski definition) is 0. The van der Waals surface area contributed by atoms with Gasteiger partial charge >= 0.3 is 0 Å². The van der Waals surface area contributed by atoms with Crippen LogP contribution in [0.2, 0.25) is 0 Å². The van der Waals surface area contributed by atoms with Gasteiger partial charge in [0.15, 0.2) is 0 Å². The molecule has 1 nitrogen and oxygen atoms in total. The van der Waals surface area contributed by atoms with E-state index < -0.39 is 0 Å². The van der Waals surface area contributed by atoms with Crippen molar-refractivity contribution in [3.8, 4) is 0 Å². The smallest absolute Gasteiger partial charge is 0.0796 e. The molecule has 0 aromatic heterocycles. The zero-order valence-electron chi connectivity index (χ0n) is 16.5. The Morgan fingerprint density at radius 3 is 1.67 bits per heavy atom. The van der Waals surface area contributed by atoms with Gasteiger partial charge in [-0.1, -0.05) is 107 Å². The van der Waals surface area contributed by atoms with Crippen LogP contribution in [0.25, 0.3) is 0 Å². The van der Waals surface area contributed by atoms with Crippen LogP contribution < -0.4 is 0 Å². The van der Waals surface area contributed by atoms with Crippen molar-refractivity contribution in [1.29, 1.82) is 0 Å². The summed E-state index contributed by atoms with van der Waals surface area (Å²) in [5.74, 6) is 0. The maximum atomic E-state index is 5.96. The molecular weight excluding hydrogens is 292 g/mol. The standard InChI is InChI=1S/C23H40O/c1-4-5-6-7-8-9-10-11-12-13-14-15-20-24-22(3)23-18-16-21(2)17-19-23/h16-19,22H,4-15,20H2,1-3H3. The van der Waals surface area contributed by atoms with Crippen LogP contribution in [0.1, 0.15) is 108 Å². The molecule has 0 spiro atoms. The fourth-order valence-electron chi connectivity index (χ4n) is 3.14. The van der Waals surface area contributed by atoms with Gasteiger partial charge in [0.1, 0.15) is 0 Å². The maximum Gasteiger partial charge on any atom is 0.0796 e. The predicted octanol–water partition coefficient (Wildman–Crippen LogP) is 7.77. The monoisotopic (exact) mass is 332 g/mol. The summed E-state index contributed by atoms with van der Waals surface area (Å²) in [7, 11) is 0. The minimum atomic E-state index is 0.221. The Labute approximate surface area is 151 Å². The quantitative estimate of drug-likeness (QED) is 0.298. The van der Waals surface area contributed by atoms with Gasteiger partial charge in [-0.25, -0.2) is 0 Å². The first-order chi connectivity index (χ1) is 11.7. The van der Waals surface area contributed by atoms with E-state index in [0.717, 1.165) is 6.61 Å². The minimum Gasteiger partial charge on any atom is -0.374 e. The molecule has 0 aliphatic heterocycles. The average molecular weight is 333 g/mol. The highest BCUT2D eigenvalue weighted by Crippen LogP contribution is 2.18. The van der Waals surface area contributed by atoms with Crippen LogP contribution in [0.5, 0.6) is 0 Å². The van der Waals surface area contributed by atoms with Crippen LogP contribution in [0.15, 0.2) is 24.3 Å². The number of hydrogen-bond acceptors (Lipinski definition) is 1. The number of ether oxygens (including phenoxy) is 1. The molecule has 0 fully saturated rings. The minimum absolute atomic E-state index is 0.221. The van der Waals surface area contributed by atoms with Crippen molar-refractivity contribution < 1.29 is 4.74 Å². The van der Waals surface area contributed by atoms with Crippen molar-refractivity contribution in [3.05, 3.63) is 35.4 Å². The van der Waals surface area contributed by atoms with E-state index in [1.807, 2.05) is 0 Å². The van der Waals surface area contributed by atoms with E-state index in [2.05, 4.69) is 45.0 Å². The van der Waals surface area contributed by atoms with Gasteiger partial charge in [0.25, 0.3) is 0 Å². The van der Waals surface area contributed by atoms with Gasteiger partial charge in [0.05, 0.1) is 6.10 Å². The highest BCUT2D eigenvalue weighted by atomic mass is 16.5. The van der Waals surface area contributed by atoms with Crippen molar-refractivity contribution in [2.45, 2.75) is 104 Å². The molecule has 0 aliphatic carbocycles. The van der Waals surface area contributed by atoms with Crippen molar-refractivity contribution in [2.24, 2.45) is 0 Å². The normalized spacial score (nSPS) is 12.5. The fourth-order valence-corrected chi connectivity index (χ4v) is 3.14. The molecule has 0 bridgehead atoms. The summed E-state index contributed by atoms with van der Waals surface area (Å²) in [5, 5.41) is 0. The second-order valence-electron chi connectivity index (χ2n) is 7.31. The van der Waals surface area contributed by atoms with E-state index in [1.54, 1.807) is 0 Å². The van der Waals surface area contributed by atoms with E-state index in [4.69, 9.17) is 4.74 Å². The SMILES string of the molecule is CCCCCCCCCCCCCCOC(C)c1ccc(C)cc1. The molecule has 1 aromatic carbocycles. The Hall–Kier alpha value is -0.820. The third-order valence-corrected chi connectivity index (χ3v) is 4.91. The van der Waals surface area contributed by atoms with Crippen molar-refractivity contribution >= 4 is 0 Å². The largest absolute Gasteiger partial charge is 0.374 e. The first kappa shape index (κ1) is 21.2. The lowest BCUT2D eigenvalue weighted by Gasteiger charge is -2.13. The molecule has 24 heavy (non-hydrogen) atoms. The molecule has 1 heteroatoms. The fraction of sp³-hybridized carbons (Fsp3) is 0.739. The van der Waals surface area contributed by atoms with Gasteiger partial charge < -0.3 is 4.74 Å². The molecule has 0 aliphatic rings. The summed E-state index contributed by atoms with van der Waals surface area (Å²) in [4.78, 5) is 0. The molecule has 1 aromatic rings. The van der Waals surface area contributed by atoms with Gasteiger partial charge in [-0.3, -0.25) is 0 Å². The van der Waals surface area contributed by atoms with Gasteiger partial charge in [0, 0.05) is 6.61 Å². The first-order valence-corrected chi connectivity index (χ1v) is 10.4. The Morgan fingerprint density at radius 2 is 1.17 bits per heavy atom. The molecular formula is C23H40O. The Kier molecular flexibility index (Phi) is 12.8. The van der Waals surface area contributed by atoms with Crippen LogP contribution in [0.3, 0.4) is 0 Å². The van der Waals surface area contributed by atoms with Gasteiger partial charge in [-0.2, -0.15) is 0 Å². The summed E-state index contributed by atoms with van der Waals surface area (Å²) >= 11 is 0. The van der Waals surface area contributed by atoms with E-state index in [-0.39, 0.29) is 6.10 Å². The molecule has 1 unspecified atom stereocenters. The lowest BCUT2D eigenvalue weighted by molar-refractivity contribution is 0.0627.